The third-order valence-corrected chi connectivity index (χ3v) is 4.44. The Balaban J connectivity index is 1.66. The average molecular weight is 316 g/mol. The zero-order valence-corrected chi connectivity index (χ0v) is 12.9. The van der Waals surface area contributed by atoms with Gasteiger partial charge in [0.05, 0.1) is 5.69 Å². The Kier molecular flexibility index (Phi) is 4.58. The number of aromatic nitrogens is 2. The summed E-state index contributed by atoms with van der Waals surface area (Å²) in [6.45, 7) is 0.789. The summed E-state index contributed by atoms with van der Waals surface area (Å²) < 4.78 is 0. The van der Waals surface area contributed by atoms with Gasteiger partial charge in [-0.1, -0.05) is 47.6 Å². The molecule has 5 heteroatoms. The smallest absolute Gasteiger partial charge is 0.119 e. The molecule has 3 nitrogen and oxygen atoms in total. The minimum absolute atomic E-state index is 0.789. The van der Waals surface area contributed by atoms with Crippen LogP contribution in [-0.2, 0) is 5.75 Å². The maximum absolute atomic E-state index is 6.15. The first-order chi connectivity index (χ1) is 10.3. The van der Waals surface area contributed by atoms with E-state index in [9.17, 15) is 0 Å². The number of dihydropyridines is 1. The van der Waals surface area contributed by atoms with Gasteiger partial charge in [0, 0.05) is 17.3 Å². The van der Waals surface area contributed by atoms with E-state index in [4.69, 9.17) is 11.6 Å². The van der Waals surface area contributed by atoms with E-state index in [-0.39, 0.29) is 0 Å². The van der Waals surface area contributed by atoms with Gasteiger partial charge in [-0.05, 0) is 41.6 Å². The summed E-state index contributed by atoms with van der Waals surface area (Å²) >= 11 is 7.78. The first-order valence-electron chi connectivity index (χ1n) is 6.62. The number of hydrogen-bond acceptors (Lipinski definition) is 4. The molecule has 0 bridgehead atoms. The number of rotatable bonds is 4. The molecule has 0 spiro atoms. The molecule has 21 heavy (non-hydrogen) atoms. The van der Waals surface area contributed by atoms with Gasteiger partial charge in [0.25, 0.3) is 0 Å². The topological polar surface area (TPSA) is 37.8 Å². The number of allylic oxidation sites excluding steroid dienone is 2. The monoisotopic (exact) mass is 315 g/mol. The molecule has 1 aliphatic rings. The summed E-state index contributed by atoms with van der Waals surface area (Å²) in [7, 11) is 0. The number of nitrogens with one attached hydrogen (secondary N) is 1. The van der Waals surface area contributed by atoms with Gasteiger partial charge in [0.2, 0.25) is 0 Å². The highest BCUT2D eigenvalue weighted by molar-refractivity contribution is 7.98. The van der Waals surface area contributed by atoms with Crippen molar-refractivity contribution in [2.75, 3.05) is 6.54 Å². The lowest BCUT2D eigenvalue weighted by atomic mass is 10.1. The molecule has 0 saturated heterocycles. The second kappa shape index (κ2) is 6.78. The fraction of sp³-hybridized carbons (Fsp3) is 0.125. The lowest BCUT2D eigenvalue weighted by Gasteiger charge is -2.09. The van der Waals surface area contributed by atoms with Gasteiger partial charge in [0.1, 0.15) is 5.03 Å². The van der Waals surface area contributed by atoms with Crippen LogP contribution in [0.2, 0.25) is 5.02 Å². The molecular formula is C16H14ClN3S. The van der Waals surface area contributed by atoms with Gasteiger partial charge >= 0.3 is 0 Å². The molecule has 106 valence electrons. The van der Waals surface area contributed by atoms with Gasteiger partial charge in [0.15, 0.2) is 0 Å². The highest BCUT2D eigenvalue weighted by Crippen LogP contribution is 2.25. The summed E-state index contributed by atoms with van der Waals surface area (Å²) in [5, 5.41) is 13.4. The predicted octanol–water partition coefficient (Wildman–Crippen LogP) is 3.92. The Morgan fingerprint density at radius 3 is 2.76 bits per heavy atom. The van der Waals surface area contributed by atoms with Crippen molar-refractivity contribution in [1.82, 2.24) is 15.5 Å². The summed E-state index contributed by atoms with van der Waals surface area (Å²) in [5.74, 6) is 0.792. The molecule has 1 aromatic heterocycles. The molecule has 2 heterocycles. The summed E-state index contributed by atoms with van der Waals surface area (Å²) in [6, 6.07) is 11.9. The van der Waals surface area contributed by atoms with Crippen LogP contribution in [0.4, 0.5) is 0 Å². The van der Waals surface area contributed by atoms with Crippen LogP contribution in [0.15, 0.2) is 59.8 Å². The van der Waals surface area contributed by atoms with Crippen LogP contribution < -0.4 is 5.32 Å². The third-order valence-electron chi connectivity index (χ3n) is 3.11. The van der Waals surface area contributed by atoms with E-state index in [0.717, 1.165) is 39.2 Å². The predicted molar refractivity (Wildman–Crippen MR) is 88.2 cm³/mol. The molecule has 0 saturated carbocycles. The van der Waals surface area contributed by atoms with Crippen LogP contribution in [0.5, 0.6) is 0 Å². The summed E-state index contributed by atoms with van der Waals surface area (Å²) in [5.41, 5.74) is 3.17. The maximum atomic E-state index is 6.15. The lowest BCUT2D eigenvalue weighted by Crippen LogP contribution is -2.12. The fourth-order valence-electron chi connectivity index (χ4n) is 1.97. The molecule has 0 radical (unpaired) electrons. The Labute approximate surface area is 133 Å². The molecule has 1 aliphatic heterocycles. The zero-order valence-electron chi connectivity index (χ0n) is 11.3. The molecule has 1 N–H and O–H groups in total. The highest BCUT2D eigenvalue weighted by Gasteiger charge is 2.06. The van der Waals surface area contributed by atoms with Crippen LogP contribution in [0, 0.1) is 0 Å². The van der Waals surface area contributed by atoms with Crippen molar-refractivity contribution in [3.05, 3.63) is 71.0 Å². The Hall–Kier alpha value is -1.78. The van der Waals surface area contributed by atoms with Crippen molar-refractivity contribution >= 4 is 28.9 Å². The van der Waals surface area contributed by atoms with Gasteiger partial charge in [-0.15, -0.1) is 10.2 Å². The number of nitrogens with zero attached hydrogens (tertiary/aromatic N) is 2. The molecule has 0 unspecified atom stereocenters. The van der Waals surface area contributed by atoms with E-state index < -0.39 is 0 Å². The van der Waals surface area contributed by atoms with Crippen molar-refractivity contribution in [3.63, 3.8) is 0 Å². The average Bonchev–Trinajstić information content (AvgIpc) is 2.55. The third kappa shape index (κ3) is 3.65. The van der Waals surface area contributed by atoms with Gasteiger partial charge in [-0.2, -0.15) is 0 Å². The quantitative estimate of drug-likeness (QED) is 0.868. The standard InChI is InChI=1S/C16H14ClN3S/c17-14-6-2-1-4-13(14)11-21-16-8-7-15(19-20-16)12-5-3-9-18-10-12/h1-9,18H,10-11H2. The Morgan fingerprint density at radius 2 is 2.05 bits per heavy atom. The molecule has 2 aromatic rings. The van der Waals surface area contributed by atoms with Gasteiger partial charge in [-0.25, -0.2) is 0 Å². The number of benzene rings is 1. The number of thioether (sulfide) groups is 1. The SMILES string of the molecule is Clc1ccccc1CSc1ccc(C2=CC=CNC2)nn1. The van der Waals surface area contributed by atoms with Crippen LogP contribution >= 0.6 is 23.4 Å². The van der Waals surface area contributed by atoms with E-state index >= 15 is 0 Å². The second-order valence-corrected chi connectivity index (χ2v) is 5.97. The summed E-state index contributed by atoms with van der Waals surface area (Å²) in [4.78, 5) is 0. The maximum Gasteiger partial charge on any atom is 0.119 e. The lowest BCUT2D eigenvalue weighted by molar-refractivity contribution is 0.897. The first kappa shape index (κ1) is 14.2. The largest absolute Gasteiger partial charge is 0.387 e. The molecule has 3 rings (SSSR count). The van der Waals surface area contributed by atoms with Crippen LogP contribution in [0.25, 0.3) is 5.57 Å². The summed E-state index contributed by atoms with van der Waals surface area (Å²) in [6.07, 6.45) is 5.95. The van der Waals surface area contributed by atoms with Crippen molar-refractivity contribution in [1.29, 1.82) is 0 Å². The van der Waals surface area contributed by atoms with Crippen molar-refractivity contribution in [2.24, 2.45) is 0 Å². The van der Waals surface area contributed by atoms with E-state index in [1.165, 1.54) is 0 Å². The second-order valence-electron chi connectivity index (χ2n) is 4.57. The first-order valence-corrected chi connectivity index (χ1v) is 7.99. The van der Waals surface area contributed by atoms with Crippen molar-refractivity contribution in [2.45, 2.75) is 10.8 Å². The molecule has 0 aliphatic carbocycles. The zero-order chi connectivity index (χ0) is 14.5. The minimum Gasteiger partial charge on any atom is -0.387 e. The van der Waals surface area contributed by atoms with E-state index in [2.05, 4.69) is 21.6 Å². The van der Waals surface area contributed by atoms with E-state index in [1.54, 1.807) is 11.8 Å². The van der Waals surface area contributed by atoms with Crippen LogP contribution in [-0.4, -0.2) is 16.7 Å². The normalized spacial score (nSPS) is 13.7. The molecule has 0 amide bonds. The Bertz CT molecular complexity index is 680. The fourth-order valence-corrected chi connectivity index (χ4v) is 3.07. The van der Waals surface area contributed by atoms with Crippen LogP contribution in [0.3, 0.4) is 0 Å². The van der Waals surface area contributed by atoms with Crippen LogP contribution in [0.1, 0.15) is 11.3 Å². The molecular weight excluding hydrogens is 302 g/mol. The Morgan fingerprint density at radius 1 is 1.14 bits per heavy atom. The number of hydrogen-bond donors (Lipinski definition) is 1. The van der Waals surface area contributed by atoms with Gasteiger partial charge in [-0.3, -0.25) is 0 Å². The van der Waals surface area contributed by atoms with Crippen molar-refractivity contribution in [3.8, 4) is 0 Å². The minimum atomic E-state index is 0.789. The molecule has 0 fully saturated rings. The molecule has 1 aromatic carbocycles. The number of halogens is 1. The van der Waals surface area contributed by atoms with E-state index in [1.807, 2.05) is 48.7 Å². The van der Waals surface area contributed by atoms with Crippen molar-refractivity contribution < 1.29 is 0 Å². The highest BCUT2D eigenvalue weighted by atomic mass is 35.5. The molecule has 0 atom stereocenters. The van der Waals surface area contributed by atoms with Gasteiger partial charge < -0.3 is 5.32 Å². The van der Waals surface area contributed by atoms with E-state index in [0.29, 0.717) is 0 Å².